The molecule has 0 aliphatic rings. The van der Waals surface area contributed by atoms with Gasteiger partial charge in [0.05, 0.1) is 11.3 Å². The first-order valence-electron chi connectivity index (χ1n) is 10.5. The quantitative estimate of drug-likeness (QED) is 0.442. The fraction of sp³-hybridized carbons (Fsp3) is 0.333. The van der Waals surface area contributed by atoms with Gasteiger partial charge in [0.15, 0.2) is 0 Å². The van der Waals surface area contributed by atoms with Crippen LogP contribution in [0.15, 0.2) is 46.2 Å². The second-order valence-corrected chi connectivity index (χ2v) is 11.3. The van der Waals surface area contributed by atoms with Crippen LogP contribution in [0.4, 0.5) is 5.69 Å². The van der Waals surface area contributed by atoms with Crippen molar-refractivity contribution in [2.75, 3.05) is 10.8 Å². The number of ether oxygens (including phenoxy) is 1. The van der Waals surface area contributed by atoms with E-state index < -0.39 is 16.0 Å². The van der Waals surface area contributed by atoms with Crippen LogP contribution >= 0.6 is 11.3 Å². The molecule has 178 valence electrons. The summed E-state index contributed by atoms with van der Waals surface area (Å²) >= 11 is 1.08. The maximum atomic E-state index is 13.5. The summed E-state index contributed by atoms with van der Waals surface area (Å²) in [6.45, 7) is 10.1. The number of aryl methyl sites for hydroxylation is 3. The van der Waals surface area contributed by atoms with Gasteiger partial charge in [0.2, 0.25) is 4.34 Å². The summed E-state index contributed by atoms with van der Waals surface area (Å²) < 4.78 is 34.5. The van der Waals surface area contributed by atoms with E-state index in [1.54, 1.807) is 17.5 Å². The van der Waals surface area contributed by atoms with E-state index in [0.29, 0.717) is 11.4 Å². The van der Waals surface area contributed by atoms with Crippen molar-refractivity contribution in [1.29, 1.82) is 0 Å². The second kappa shape index (κ2) is 11.7. The minimum atomic E-state index is -3.87. The van der Waals surface area contributed by atoms with Gasteiger partial charge in [0.25, 0.3) is 10.0 Å². The Hall–Kier alpha value is -1.91. The van der Waals surface area contributed by atoms with Crippen LogP contribution in [0, 0.1) is 26.7 Å². The molecule has 7 nitrogen and oxygen atoms in total. The molecule has 0 bridgehead atoms. The largest absolute Gasteiger partial charge is 1.00 e. The molecule has 0 aliphatic heterocycles. The molecule has 0 saturated heterocycles. The predicted molar refractivity (Wildman–Crippen MR) is 131 cm³/mol. The number of sulfonamides is 1. The molecule has 0 fully saturated rings. The number of carbonyl (C=O) groups is 1. The molecule has 3 aromatic rings. The van der Waals surface area contributed by atoms with E-state index in [1.165, 1.54) is 16.6 Å². The number of hydrogen-bond donors (Lipinski definition) is 1. The third-order valence-corrected chi connectivity index (χ3v) is 8.23. The number of hydrogen-bond acceptors (Lipinski definition) is 6. The third-order valence-electron chi connectivity index (χ3n) is 5.27. The molecule has 0 radical (unpaired) electrons. The van der Waals surface area contributed by atoms with E-state index in [0.717, 1.165) is 33.6 Å². The number of aromatic nitrogens is 1. The van der Waals surface area contributed by atoms with E-state index in [-0.39, 0.29) is 60.0 Å². The number of rotatable bonds is 9. The first-order valence-corrected chi connectivity index (χ1v) is 12.8. The number of anilines is 1. The normalized spacial score (nSPS) is 11.2. The molecule has 0 atom stereocenters. The Morgan fingerprint density at radius 1 is 1.15 bits per heavy atom. The van der Waals surface area contributed by atoms with Crippen LogP contribution < -0.4 is 38.6 Å². The van der Waals surface area contributed by atoms with Crippen LogP contribution in [0.5, 0.6) is 5.75 Å². The number of benzene rings is 2. The maximum Gasteiger partial charge on any atom is 1.00 e. The Morgan fingerprint density at radius 2 is 1.82 bits per heavy atom. The minimum Gasteiger partial charge on any atom is -1.00 e. The van der Waals surface area contributed by atoms with Gasteiger partial charge in [-0.25, -0.2) is 9.78 Å². The molecule has 0 spiro atoms. The average Bonchev–Trinajstić information content (AvgIpc) is 3.29. The smallest absolute Gasteiger partial charge is 1.00 e. The molecule has 0 unspecified atom stereocenters. The van der Waals surface area contributed by atoms with Gasteiger partial charge >= 0.3 is 35.5 Å². The van der Waals surface area contributed by atoms with Crippen molar-refractivity contribution in [1.82, 2.24) is 4.98 Å². The zero-order valence-electron chi connectivity index (χ0n) is 21.3. The molecule has 3 rings (SSSR count). The molecule has 0 aliphatic carbocycles. The molecule has 0 saturated carbocycles. The summed E-state index contributed by atoms with van der Waals surface area (Å²) in [5.74, 6) is -0.473. The molecule has 2 aromatic carbocycles. The van der Waals surface area contributed by atoms with Gasteiger partial charge < -0.3 is 11.3 Å². The predicted octanol–water partition coefficient (Wildman–Crippen LogP) is 2.31. The van der Waals surface area contributed by atoms with Crippen molar-refractivity contribution in [2.24, 2.45) is 5.92 Å². The van der Waals surface area contributed by atoms with E-state index >= 15 is 0 Å². The second-order valence-electron chi connectivity index (χ2n) is 8.37. The summed E-state index contributed by atoms with van der Waals surface area (Å²) in [5.41, 5.74) is 4.20. The Labute approximate surface area is 228 Å². The molecule has 0 amide bonds. The Kier molecular flexibility index (Phi) is 9.73. The van der Waals surface area contributed by atoms with Crippen molar-refractivity contribution in [3.05, 3.63) is 69.7 Å². The molecule has 1 N–H and O–H groups in total. The van der Waals surface area contributed by atoms with E-state index in [4.69, 9.17) is 4.74 Å². The number of thiazole rings is 1. The van der Waals surface area contributed by atoms with Crippen LogP contribution in [0.2, 0.25) is 0 Å². The van der Waals surface area contributed by atoms with Crippen molar-refractivity contribution in [2.45, 2.75) is 45.6 Å². The minimum absolute atomic E-state index is 0. The average molecular weight is 513 g/mol. The van der Waals surface area contributed by atoms with E-state index in [2.05, 4.69) is 4.98 Å². The van der Waals surface area contributed by atoms with Crippen LogP contribution in [-0.2, 0) is 16.6 Å². The SMILES string of the molecule is Cc1cc(OCc2ccc(C(=O)O)cc2C)c(N(CC(C)C)S(=O)(=O)c2nccs2)cc1C.[H-].[Na+]. The van der Waals surface area contributed by atoms with Gasteiger partial charge in [0, 0.05) is 18.1 Å². The summed E-state index contributed by atoms with van der Waals surface area (Å²) in [4.78, 5) is 15.3. The summed E-state index contributed by atoms with van der Waals surface area (Å²) in [5, 5.41) is 10.8. The van der Waals surface area contributed by atoms with E-state index in [1.807, 2.05) is 46.8 Å². The van der Waals surface area contributed by atoms with Crippen molar-refractivity contribution >= 4 is 33.0 Å². The van der Waals surface area contributed by atoms with Gasteiger partial charge in [-0.2, -0.15) is 8.42 Å². The van der Waals surface area contributed by atoms with Crippen LogP contribution in [0.1, 0.15) is 47.9 Å². The van der Waals surface area contributed by atoms with Crippen LogP contribution in [0.25, 0.3) is 0 Å². The Bertz CT molecular complexity index is 1270. The van der Waals surface area contributed by atoms with Crippen LogP contribution in [0.3, 0.4) is 0 Å². The molecule has 1 aromatic heterocycles. The van der Waals surface area contributed by atoms with Crippen molar-refractivity contribution in [3.63, 3.8) is 0 Å². The Morgan fingerprint density at radius 3 is 2.38 bits per heavy atom. The van der Waals surface area contributed by atoms with Crippen molar-refractivity contribution < 1.29 is 54.0 Å². The first-order chi connectivity index (χ1) is 15.5. The van der Waals surface area contributed by atoms with Crippen LogP contribution in [-0.4, -0.2) is 31.0 Å². The summed E-state index contributed by atoms with van der Waals surface area (Å²) in [7, 11) is -3.87. The summed E-state index contributed by atoms with van der Waals surface area (Å²) in [6.07, 6.45) is 1.48. The van der Waals surface area contributed by atoms with Gasteiger partial charge in [0.1, 0.15) is 12.4 Å². The van der Waals surface area contributed by atoms with Gasteiger partial charge in [-0.1, -0.05) is 19.9 Å². The number of carboxylic acids is 1. The fourth-order valence-electron chi connectivity index (χ4n) is 3.32. The molecular weight excluding hydrogens is 483 g/mol. The van der Waals surface area contributed by atoms with Crippen molar-refractivity contribution in [3.8, 4) is 5.75 Å². The number of aromatic carboxylic acids is 1. The maximum absolute atomic E-state index is 13.5. The third kappa shape index (κ3) is 6.40. The molecule has 1 heterocycles. The zero-order valence-corrected chi connectivity index (χ0v) is 24.0. The standard InChI is InChI=1S/C24H28N2O5S2.Na.H/c1-15(2)13-26(33(29,30)24-25-8-9-32-24)21-11-16(3)17(4)12-22(21)31-14-20-7-6-19(23(27)28)10-18(20)5;;/h6-12,15H,13-14H2,1-5H3,(H,27,28);;/q;+1;-1. The van der Waals surface area contributed by atoms with Gasteiger partial charge in [-0.05, 0) is 73.2 Å². The topological polar surface area (TPSA) is 96.8 Å². The Balaban J connectivity index is 0.00000306. The number of carboxylic acid groups (broad SMARTS) is 1. The molecule has 34 heavy (non-hydrogen) atoms. The van der Waals surface area contributed by atoms with Gasteiger partial charge in [-0.15, -0.1) is 11.3 Å². The first kappa shape index (κ1) is 28.3. The molecule has 10 heteroatoms. The fourth-order valence-corrected chi connectivity index (χ4v) is 5.88. The molecular formula is C24H29N2NaO5S2. The summed E-state index contributed by atoms with van der Waals surface area (Å²) in [6, 6.07) is 8.53. The van der Waals surface area contributed by atoms with Gasteiger partial charge in [-0.3, -0.25) is 4.31 Å². The monoisotopic (exact) mass is 512 g/mol. The zero-order chi connectivity index (χ0) is 24.3. The van der Waals surface area contributed by atoms with E-state index in [9.17, 15) is 18.3 Å². The number of nitrogens with zero attached hydrogens (tertiary/aromatic N) is 2.